The van der Waals surface area contributed by atoms with Gasteiger partial charge in [0.25, 0.3) is 0 Å². The zero-order valence-electron chi connectivity index (χ0n) is 20.0. The molecule has 0 aromatic heterocycles. The van der Waals surface area contributed by atoms with Crippen molar-refractivity contribution < 1.29 is 19.7 Å². The molecule has 1 aliphatic heterocycles. The maximum Gasteiger partial charge on any atom is 0.161 e. The maximum atomic E-state index is 11.9. The second kappa shape index (κ2) is 6.61. The second-order valence-electron chi connectivity index (χ2n) is 11.0. The number of hydrogen-bond acceptors (Lipinski definition) is 5. The lowest BCUT2D eigenvalue weighted by Crippen LogP contribution is -2.66. The van der Waals surface area contributed by atoms with Crippen LogP contribution in [-0.4, -0.2) is 60.7 Å². The third-order valence-electron chi connectivity index (χ3n) is 10.2. The summed E-state index contributed by atoms with van der Waals surface area (Å²) in [4.78, 5) is 2.54. The SMILES string of the molecule is CCCC(C)(O)C12C[C@@]3(CC)[C@@H]4Cc5ccc(OC)c(O)c5[C@]3(CCN4C)C1[C@@H]2OC. The number of ether oxygens (including phenoxy) is 2. The van der Waals surface area contributed by atoms with Crippen LogP contribution in [0.3, 0.4) is 0 Å². The van der Waals surface area contributed by atoms with Crippen molar-refractivity contribution in [2.45, 2.75) is 82.5 Å². The number of hydrogen-bond donors (Lipinski definition) is 2. The van der Waals surface area contributed by atoms with Crippen molar-refractivity contribution in [3.8, 4) is 11.5 Å². The molecule has 5 rings (SSSR count). The highest BCUT2D eigenvalue weighted by Crippen LogP contribution is 2.86. The van der Waals surface area contributed by atoms with E-state index in [2.05, 4.69) is 31.9 Å². The van der Waals surface area contributed by atoms with Crippen LogP contribution in [0, 0.1) is 16.7 Å². The molecule has 4 aliphatic rings. The van der Waals surface area contributed by atoms with E-state index in [1.165, 1.54) is 5.56 Å². The lowest BCUT2D eigenvalue weighted by molar-refractivity contribution is -0.0992. The molecule has 7 atom stereocenters. The molecule has 0 spiro atoms. The van der Waals surface area contributed by atoms with Crippen molar-refractivity contribution in [3.05, 3.63) is 23.3 Å². The largest absolute Gasteiger partial charge is 0.504 e. The monoisotopic (exact) mass is 429 g/mol. The van der Waals surface area contributed by atoms with Crippen molar-refractivity contribution in [2.24, 2.45) is 16.7 Å². The number of piperidine rings is 1. The lowest BCUT2D eigenvalue weighted by Gasteiger charge is -2.63. The van der Waals surface area contributed by atoms with Crippen LogP contribution in [0.5, 0.6) is 11.5 Å². The summed E-state index contributed by atoms with van der Waals surface area (Å²) in [5.74, 6) is 1.08. The molecule has 31 heavy (non-hydrogen) atoms. The number of likely N-dealkylation sites (N-methyl/N-ethyl adjacent to an activating group) is 1. The molecule has 1 heterocycles. The number of phenols is 1. The lowest BCUT2D eigenvalue weighted by atomic mass is 9.47. The summed E-state index contributed by atoms with van der Waals surface area (Å²) in [5, 5.41) is 23.4. The minimum atomic E-state index is -0.790. The molecule has 3 aliphatic carbocycles. The van der Waals surface area contributed by atoms with E-state index in [0.717, 1.165) is 50.6 Å². The van der Waals surface area contributed by atoms with Crippen LogP contribution in [0.4, 0.5) is 0 Å². The van der Waals surface area contributed by atoms with Crippen LogP contribution < -0.4 is 4.74 Å². The van der Waals surface area contributed by atoms with Gasteiger partial charge in [-0.15, -0.1) is 0 Å². The maximum absolute atomic E-state index is 11.9. The first-order chi connectivity index (χ1) is 14.7. The summed E-state index contributed by atoms with van der Waals surface area (Å²) in [6, 6.07) is 4.48. The Labute approximate surface area is 186 Å². The fraction of sp³-hybridized carbons (Fsp3) is 0.769. The van der Waals surface area contributed by atoms with Crippen LogP contribution in [0.1, 0.15) is 64.0 Å². The molecule has 5 nitrogen and oxygen atoms in total. The van der Waals surface area contributed by atoms with E-state index in [1.807, 2.05) is 13.0 Å². The summed E-state index contributed by atoms with van der Waals surface area (Å²) in [5.41, 5.74) is 1.08. The quantitative estimate of drug-likeness (QED) is 0.719. The minimum absolute atomic E-state index is 0.00821. The van der Waals surface area contributed by atoms with Gasteiger partial charge >= 0.3 is 0 Å². The minimum Gasteiger partial charge on any atom is -0.504 e. The number of phenolic OH excluding ortho intramolecular Hbond substituents is 1. The van der Waals surface area contributed by atoms with Gasteiger partial charge in [-0.05, 0) is 69.7 Å². The number of likely N-dealkylation sites (tertiary alicyclic amines) is 1. The summed E-state index contributed by atoms with van der Waals surface area (Å²) in [6.45, 7) is 7.51. The third kappa shape index (κ3) is 2.19. The number of benzene rings is 1. The van der Waals surface area contributed by atoms with Gasteiger partial charge in [-0.3, -0.25) is 0 Å². The number of methoxy groups -OCH3 is 2. The van der Waals surface area contributed by atoms with E-state index in [9.17, 15) is 10.2 Å². The Hall–Kier alpha value is -1.30. The molecule has 1 aromatic rings. The summed E-state index contributed by atoms with van der Waals surface area (Å²) >= 11 is 0. The molecule has 1 aromatic carbocycles. The highest BCUT2D eigenvalue weighted by atomic mass is 16.5. The summed E-state index contributed by atoms with van der Waals surface area (Å²) < 4.78 is 11.7. The number of aliphatic hydroxyl groups is 1. The molecule has 2 bridgehead atoms. The van der Waals surface area contributed by atoms with Gasteiger partial charge in [0.1, 0.15) is 0 Å². The number of nitrogens with zero attached hydrogens (tertiary/aromatic N) is 1. The Morgan fingerprint density at radius 3 is 2.61 bits per heavy atom. The highest BCUT2D eigenvalue weighted by molar-refractivity contribution is 5.61. The van der Waals surface area contributed by atoms with Crippen LogP contribution in [0.15, 0.2) is 12.1 Å². The number of aromatic hydroxyl groups is 1. The highest BCUT2D eigenvalue weighted by Gasteiger charge is 2.89. The van der Waals surface area contributed by atoms with Gasteiger partial charge < -0.3 is 24.6 Å². The molecular weight excluding hydrogens is 390 g/mol. The first-order valence-electron chi connectivity index (χ1n) is 12.1. The molecule has 2 saturated carbocycles. The molecule has 1 saturated heterocycles. The van der Waals surface area contributed by atoms with Gasteiger partial charge in [-0.2, -0.15) is 0 Å². The third-order valence-corrected chi connectivity index (χ3v) is 10.2. The molecule has 172 valence electrons. The van der Waals surface area contributed by atoms with Crippen LogP contribution >= 0.6 is 0 Å². The van der Waals surface area contributed by atoms with Gasteiger partial charge in [-0.25, -0.2) is 0 Å². The molecule has 5 heteroatoms. The fourth-order valence-electron chi connectivity index (χ4n) is 9.16. The Bertz CT molecular complexity index is 900. The van der Waals surface area contributed by atoms with Crippen LogP contribution in [0.25, 0.3) is 0 Å². The zero-order chi connectivity index (χ0) is 22.4. The van der Waals surface area contributed by atoms with Gasteiger partial charge in [0, 0.05) is 35.5 Å². The van der Waals surface area contributed by atoms with Crippen molar-refractivity contribution in [3.63, 3.8) is 0 Å². The van der Waals surface area contributed by atoms with Crippen molar-refractivity contribution in [1.29, 1.82) is 0 Å². The molecule has 3 fully saturated rings. The van der Waals surface area contributed by atoms with E-state index in [1.54, 1.807) is 14.2 Å². The van der Waals surface area contributed by atoms with E-state index in [4.69, 9.17) is 9.47 Å². The zero-order valence-corrected chi connectivity index (χ0v) is 20.0. The normalized spacial score (nSPS) is 42.4. The van der Waals surface area contributed by atoms with E-state index < -0.39 is 5.60 Å². The van der Waals surface area contributed by atoms with Crippen molar-refractivity contribution in [2.75, 3.05) is 27.8 Å². The summed E-state index contributed by atoms with van der Waals surface area (Å²) in [7, 11) is 5.69. The molecule has 0 radical (unpaired) electrons. The van der Waals surface area contributed by atoms with Gasteiger partial charge in [-0.1, -0.05) is 26.3 Å². The Morgan fingerprint density at radius 1 is 1.26 bits per heavy atom. The average molecular weight is 430 g/mol. The fourth-order valence-corrected chi connectivity index (χ4v) is 9.16. The average Bonchev–Trinajstić information content (AvgIpc) is 3.31. The predicted octanol–water partition coefficient (Wildman–Crippen LogP) is 3.88. The topological polar surface area (TPSA) is 62.2 Å². The predicted molar refractivity (Wildman–Crippen MR) is 121 cm³/mol. The van der Waals surface area contributed by atoms with Gasteiger partial charge in [0.15, 0.2) is 11.5 Å². The second-order valence-corrected chi connectivity index (χ2v) is 11.0. The molecule has 3 unspecified atom stereocenters. The summed E-state index contributed by atoms with van der Waals surface area (Å²) in [6.07, 6.45) is 5.66. The molecular formula is C26H39NO4. The smallest absolute Gasteiger partial charge is 0.161 e. The Balaban J connectivity index is 1.81. The first-order valence-corrected chi connectivity index (χ1v) is 12.1. The van der Waals surface area contributed by atoms with Crippen molar-refractivity contribution >= 4 is 0 Å². The number of fused-ring (bicyclic) bond motifs is 2. The number of rotatable bonds is 6. The van der Waals surface area contributed by atoms with Crippen molar-refractivity contribution in [1.82, 2.24) is 4.90 Å². The molecule has 0 amide bonds. The Kier molecular flexibility index (Phi) is 4.60. The van der Waals surface area contributed by atoms with Crippen LogP contribution in [0.2, 0.25) is 0 Å². The Morgan fingerprint density at radius 2 is 2.00 bits per heavy atom. The van der Waals surface area contributed by atoms with E-state index in [0.29, 0.717) is 17.5 Å². The standard InChI is InChI=1S/C26H39NO4/c1-7-11-23(3,29)26-15-24(8-2)18-14-16-9-10-17(30-5)20(28)19(16)25(24,12-13-27(18)4)21(26)22(26)31-6/h9-10,18,21-22,28-29H,7-8,11-15H2,1-6H3/t18-,21?,22-,23?,24-,25+,26?/m0/s1. The van der Waals surface area contributed by atoms with E-state index in [-0.39, 0.29) is 28.3 Å². The van der Waals surface area contributed by atoms with Gasteiger partial charge in [0.2, 0.25) is 0 Å². The first kappa shape index (κ1) is 21.5. The van der Waals surface area contributed by atoms with Crippen LogP contribution in [-0.2, 0) is 16.6 Å². The van der Waals surface area contributed by atoms with Gasteiger partial charge in [0.05, 0.1) is 18.8 Å². The molecule has 2 N–H and O–H groups in total. The van der Waals surface area contributed by atoms with E-state index >= 15 is 0 Å².